The number of aryl methyl sites for hydroxylation is 1. The second-order valence-electron chi connectivity index (χ2n) is 7.59. The molecule has 0 amide bonds. The van der Waals surface area contributed by atoms with Crippen LogP contribution in [0.4, 0.5) is 0 Å². The van der Waals surface area contributed by atoms with Gasteiger partial charge >= 0.3 is 0 Å². The Labute approximate surface area is 157 Å². The summed E-state index contributed by atoms with van der Waals surface area (Å²) in [6, 6.07) is 2.58. The summed E-state index contributed by atoms with van der Waals surface area (Å²) in [5.74, 6) is 0.285. The van der Waals surface area contributed by atoms with Crippen molar-refractivity contribution < 1.29 is 13.2 Å². The Morgan fingerprint density at radius 1 is 1.12 bits per heavy atom. The zero-order chi connectivity index (χ0) is 18.9. The number of nitrogens with zero attached hydrogens (tertiary/aromatic N) is 3. The molecule has 2 heterocycles. The van der Waals surface area contributed by atoms with Crippen LogP contribution >= 0.6 is 0 Å². The molecule has 146 valence electrons. The Morgan fingerprint density at radius 3 is 2.31 bits per heavy atom. The van der Waals surface area contributed by atoms with Crippen molar-refractivity contribution in [2.24, 2.45) is 0 Å². The molecule has 0 atom stereocenters. The highest BCUT2D eigenvalue weighted by Gasteiger charge is 2.28. The lowest BCUT2D eigenvalue weighted by atomic mass is 10.1. The van der Waals surface area contributed by atoms with Crippen molar-refractivity contribution in [2.75, 3.05) is 38.5 Å². The highest BCUT2D eigenvalue weighted by atomic mass is 32.2. The van der Waals surface area contributed by atoms with Gasteiger partial charge in [-0.1, -0.05) is 12.8 Å². The van der Waals surface area contributed by atoms with Gasteiger partial charge in [0.25, 0.3) is 0 Å². The Bertz CT molecular complexity index is 755. The summed E-state index contributed by atoms with van der Waals surface area (Å²) in [5, 5.41) is 0. The maximum atomic E-state index is 12.9. The summed E-state index contributed by atoms with van der Waals surface area (Å²) >= 11 is 0. The van der Waals surface area contributed by atoms with Gasteiger partial charge in [0.15, 0.2) is 5.78 Å². The minimum Gasteiger partial charge on any atom is -0.345 e. The van der Waals surface area contributed by atoms with E-state index in [-0.39, 0.29) is 11.5 Å². The van der Waals surface area contributed by atoms with Crippen molar-refractivity contribution in [1.29, 1.82) is 0 Å². The van der Waals surface area contributed by atoms with Crippen molar-refractivity contribution in [3.05, 3.63) is 23.0 Å². The third kappa shape index (κ3) is 3.89. The zero-order valence-electron chi connectivity index (χ0n) is 16.2. The van der Waals surface area contributed by atoms with Crippen LogP contribution in [0.2, 0.25) is 0 Å². The first kappa shape index (κ1) is 19.6. The van der Waals surface area contributed by atoms with E-state index in [1.54, 1.807) is 11.2 Å². The monoisotopic (exact) mass is 381 g/mol. The molecule has 0 bridgehead atoms. The van der Waals surface area contributed by atoms with E-state index in [0.717, 1.165) is 11.3 Å². The van der Waals surface area contributed by atoms with E-state index >= 15 is 0 Å². The Balaban J connectivity index is 1.64. The van der Waals surface area contributed by atoms with E-state index in [9.17, 15) is 13.2 Å². The van der Waals surface area contributed by atoms with Crippen LogP contribution in [0.1, 0.15) is 60.4 Å². The van der Waals surface area contributed by atoms with Crippen LogP contribution in [0, 0.1) is 13.8 Å². The van der Waals surface area contributed by atoms with E-state index in [1.807, 2.05) is 6.07 Å². The van der Waals surface area contributed by atoms with Gasteiger partial charge in [-0.25, -0.2) is 8.42 Å². The fraction of sp³-hybridized carbons (Fsp3) is 0.737. The number of aromatic nitrogens is 1. The van der Waals surface area contributed by atoms with Crippen LogP contribution in [0.3, 0.4) is 0 Å². The molecule has 26 heavy (non-hydrogen) atoms. The zero-order valence-corrected chi connectivity index (χ0v) is 17.0. The molecule has 7 heteroatoms. The van der Waals surface area contributed by atoms with E-state index < -0.39 is 10.0 Å². The van der Waals surface area contributed by atoms with Gasteiger partial charge in [-0.2, -0.15) is 4.31 Å². The van der Waals surface area contributed by atoms with E-state index in [1.165, 1.54) is 31.4 Å². The van der Waals surface area contributed by atoms with Gasteiger partial charge in [-0.3, -0.25) is 9.69 Å². The molecule has 1 saturated carbocycles. The predicted octanol–water partition coefficient (Wildman–Crippen LogP) is 2.37. The van der Waals surface area contributed by atoms with Crippen LogP contribution in [-0.4, -0.2) is 66.4 Å². The quantitative estimate of drug-likeness (QED) is 0.710. The van der Waals surface area contributed by atoms with E-state index in [2.05, 4.69) is 23.3 Å². The number of hydrogen-bond acceptors (Lipinski definition) is 4. The first-order chi connectivity index (χ1) is 12.3. The third-order valence-electron chi connectivity index (χ3n) is 5.93. The smallest absolute Gasteiger partial charge is 0.213 e. The first-order valence-corrected chi connectivity index (χ1v) is 11.4. The number of Topliss-reactive ketones (excluding diaryl/α,β-unsaturated/α-hetero) is 1. The number of rotatable bonds is 6. The fourth-order valence-corrected chi connectivity index (χ4v) is 5.51. The van der Waals surface area contributed by atoms with Crippen molar-refractivity contribution in [3.63, 3.8) is 0 Å². The lowest BCUT2D eigenvalue weighted by Gasteiger charge is -2.33. The standard InChI is InChI=1S/C19H31N3O3S/c1-4-26(24,25)21-11-9-20(10-12-21)14-19(23)18-13-15(2)22(16(18)3)17-7-5-6-8-17/h13,17H,4-12,14H2,1-3H3. The molecule has 1 aromatic rings. The second-order valence-corrected chi connectivity index (χ2v) is 9.85. The number of ketones is 1. The molecule has 0 unspecified atom stereocenters. The molecule has 0 radical (unpaired) electrons. The van der Waals surface area contributed by atoms with Gasteiger partial charge in [-0.05, 0) is 39.7 Å². The lowest BCUT2D eigenvalue weighted by molar-refractivity contribution is 0.0901. The van der Waals surface area contributed by atoms with Gasteiger partial charge < -0.3 is 4.57 Å². The highest BCUT2D eigenvalue weighted by Crippen LogP contribution is 2.33. The largest absolute Gasteiger partial charge is 0.345 e. The van der Waals surface area contributed by atoms with Crippen molar-refractivity contribution >= 4 is 15.8 Å². The topological polar surface area (TPSA) is 62.6 Å². The van der Waals surface area contributed by atoms with Crippen molar-refractivity contribution in [3.8, 4) is 0 Å². The number of hydrogen-bond donors (Lipinski definition) is 0. The van der Waals surface area contributed by atoms with E-state index in [4.69, 9.17) is 0 Å². The molecule has 2 aliphatic rings. The fourth-order valence-electron chi connectivity index (χ4n) is 4.42. The molecule has 1 aliphatic heterocycles. The highest BCUT2D eigenvalue weighted by molar-refractivity contribution is 7.89. The van der Waals surface area contributed by atoms with Gasteiger partial charge in [0.05, 0.1) is 12.3 Å². The van der Waals surface area contributed by atoms with E-state index in [0.29, 0.717) is 38.8 Å². The second kappa shape index (κ2) is 7.82. The Hall–Kier alpha value is -1.18. The number of piperazine rings is 1. The lowest BCUT2D eigenvalue weighted by Crippen LogP contribution is -2.50. The molecule has 1 saturated heterocycles. The van der Waals surface area contributed by atoms with Crippen LogP contribution in [-0.2, 0) is 10.0 Å². The third-order valence-corrected chi connectivity index (χ3v) is 7.81. The van der Waals surface area contributed by atoms with Gasteiger partial charge in [0.2, 0.25) is 10.0 Å². The predicted molar refractivity (Wildman–Crippen MR) is 103 cm³/mol. The maximum Gasteiger partial charge on any atom is 0.213 e. The Kier molecular flexibility index (Phi) is 5.89. The summed E-state index contributed by atoms with van der Waals surface area (Å²) in [7, 11) is -3.13. The molecule has 3 rings (SSSR count). The van der Waals surface area contributed by atoms with Gasteiger partial charge in [-0.15, -0.1) is 0 Å². The summed E-state index contributed by atoms with van der Waals surface area (Å²) in [5.41, 5.74) is 3.10. The van der Waals surface area contributed by atoms with Crippen LogP contribution in [0.25, 0.3) is 0 Å². The molecule has 6 nitrogen and oxygen atoms in total. The minimum atomic E-state index is -3.13. The first-order valence-electron chi connectivity index (χ1n) is 9.75. The summed E-state index contributed by atoms with van der Waals surface area (Å²) in [4.78, 5) is 14.9. The summed E-state index contributed by atoms with van der Waals surface area (Å²) in [6.07, 6.45) is 4.96. The molecule has 2 fully saturated rings. The number of carbonyl (C=O) groups is 1. The molecule has 1 aliphatic carbocycles. The van der Waals surface area contributed by atoms with Crippen LogP contribution in [0.5, 0.6) is 0 Å². The summed E-state index contributed by atoms with van der Waals surface area (Å²) in [6.45, 7) is 8.38. The summed E-state index contributed by atoms with van der Waals surface area (Å²) < 4.78 is 27.8. The van der Waals surface area contributed by atoms with Crippen LogP contribution < -0.4 is 0 Å². The Morgan fingerprint density at radius 2 is 1.73 bits per heavy atom. The molecule has 0 spiro atoms. The average Bonchev–Trinajstić information content (AvgIpc) is 3.23. The number of carbonyl (C=O) groups excluding carboxylic acids is 1. The van der Waals surface area contributed by atoms with Crippen molar-refractivity contribution in [1.82, 2.24) is 13.8 Å². The molecule has 0 N–H and O–H groups in total. The SMILES string of the molecule is CCS(=O)(=O)N1CCN(CC(=O)c2cc(C)n(C3CCCC3)c2C)CC1. The molecular formula is C19H31N3O3S. The van der Waals surface area contributed by atoms with Crippen molar-refractivity contribution in [2.45, 2.75) is 52.5 Å². The van der Waals surface area contributed by atoms with Crippen LogP contribution in [0.15, 0.2) is 6.07 Å². The normalized spacial score (nSPS) is 20.7. The number of sulfonamides is 1. The molecule has 1 aromatic heterocycles. The molecular weight excluding hydrogens is 350 g/mol. The van der Waals surface area contributed by atoms with Gasteiger partial charge in [0.1, 0.15) is 0 Å². The maximum absolute atomic E-state index is 12.9. The minimum absolute atomic E-state index is 0.138. The molecule has 0 aromatic carbocycles. The van der Waals surface area contributed by atoms with Gasteiger partial charge in [0, 0.05) is 49.2 Å². The average molecular weight is 382 g/mol.